The summed E-state index contributed by atoms with van der Waals surface area (Å²) in [5.74, 6) is 0. The van der Waals surface area contributed by atoms with Gasteiger partial charge in [0.05, 0.1) is 17.3 Å². The van der Waals surface area contributed by atoms with Crippen molar-refractivity contribution in [3.63, 3.8) is 0 Å². The van der Waals surface area contributed by atoms with Crippen LogP contribution in [0, 0.1) is 0 Å². The number of aliphatic hydroxyl groups excluding tert-OH is 1. The number of nitrogens with zero attached hydrogens (tertiary/aromatic N) is 2. The highest BCUT2D eigenvalue weighted by Gasteiger charge is 2.13. The first-order valence-corrected chi connectivity index (χ1v) is 4.83. The molecular weight excluding hydrogens is 176 g/mol. The summed E-state index contributed by atoms with van der Waals surface area (Å²) >= 11 is 0. The number of fused-ring (bicyclic) bond motifs is 1. The Balaban J connectivity index is 2.66. The van der Waals surface area contributed by atoms with Crippen LogP contribution in [0.25, 0.3) is 10.9 Å². The summed E-state index contributed by atoms with van der Waals surface area (Å²) in [6.07, 6.45) is 0.238. The fourth-order valence-corrected chi connectivity index (χ4v) is 1.68. The Morgan fingerprint density at radius 3 is 2.86 bits per heavy atom. The van der Waals surface area contributed by atoms with Crippen LogP contribution in [0.3, 0.4) is 0 Å². The van der Waals surface area contributed by atoms with Crippen molar-refractivity contribution in [2.75, 3.05) is 0 Å². The molecule has 0 radical (unpaired) electrons. The van der Waals surface area contributed by atoms with Gasteiger partial charge < -0.3 is 5.11 Å². The summed E-state index contributed by atoms with van der Waals surface area (Å²) in [5.41, 5.74) is 1.85. The normalized spacial score (nSPS) is 13.4. The van der Waals surface area contributed by atoms with Crippen molar-refractivity contribution in [1.29, 1.82) is 0 Å². The number of para-hydroxylation sites is 1. The highest BCUT2D eigenvalue weighted by molar-refractivity contribution is 5.82. The summed E-state index contributed by atoms with van der Waals surface area (Å²) in [5, 5.41) is 15.1. The third-order valence-corrected chi connectivity index (χ3v) is 2.49. The monoisotopic (exact) mass is 190 g/mol. The van der Waals surface area contributed by atoms with E-state index in [-0.39, 0.29) is 0 Å². The van der Waals surface area contributed by atoms with E-state index in [1.165, 1.54) is 0 Å². The van der Waals surface area contributed by atoms with Crippen LogP contribution in [0.4, 0.5) is 0 Å². The molecule has 1 N–H and O–H groups in total. The van der Waals surface area contributed by atoms with Gasteiger partial charge in [0.2, 0.25) is 0 Å². The number of aromatic nitrogens is 2. The Kier molecular flexibility index (Phi) is 2.25. The van der Waals surface area contributed by atoms with E-state index in [1.54, 1.807) is 0 Å². The van der Waals surface area contributed by atoms with Gasteiger partial charge in [0.1, 0.15) is 0 Å². The molecule has 0 aliphatic rings. The molecule has 0 amide bonds. The highest BCUT2D eigenvalue weighted by atomic mass is 16.3. The van der Waals surface area contributed by atoms with Gasteiger partial charge in [-0.2, -0.15) is 5.10 Å². The van der Waals surface area contributed by atoms with E-state index in [9.17, 15) is 5.11 Å². The van der Waals surface area contributed by atoms with Gasteiger partial charge in [0.15, 0.2) is 0 Å². The average Bonchev–Trinajstić information content (AvgIpc) is 2.56. The maximum Gasteiger partial charge on any atom is 0.0988 e. The zero-order valence-electron chi connectivity index (χ0n) is 8.44. The zero-order valence-corrected chi connectivity index (χ0v) is 8.44. The molecule has 3 heteroatoms. The smallest absolute Gasteiger partial charge is 0.0988 e. The minimum absolute atomic E-state index is 0.457. The minimum atomic E-state index is -0.457. The van der Waals surface area contributed by atoms with Crippen molar-refractivity contribution in [2.45, 2.75) is 19.4 Å². The fourth-order valence-electron chi connectivity index (χ4n) is 1.68. The zero-order chi connectivity index (χ0) is 10.1. The number of rotatable bonds is 2. The molecular formula is C11H14N2O. The van der Waals surface area contributed by atoms with Crippen LogP contribution in [0.15, 0.2) is 24.3 Å². The molecule has 3 nitrogen and oxygen atoms in total. The molecule has 2 aromatic rings. The second-order valence-corrected chi connectivity index (χ2v) is 3.45. The summed E-state index contributed by atoms with van der Waals surface area (Å²) in [6, 6.07) is 7.95. The van der Waals surface area contributed by atoms with Gasteiger partial charge in [-0.25, -0.2) is 0 Å². The van der Waals surface area contributed by atoms with Crippen LogP contribution < -0.4 is 0 Å². The molecule has 1 aromatic heterocycles. The standard InChI is InChI=1S/C11H14N2O/c1-3-10(14)11-8-6-4-5-7-9(8)13(2)12-11/h4-7,10,14H,3H2,1-2H3. The van der Waals surface area contributed by atoms with Crippen LogP contribution in [0.1, 0.15) is 25.1 Å². The molecule has 0 bridgehead atoms. The Labute approximate surface area is 83.0 Å². The third-order valence-electron chi connectivity index (χ3n) is 2.49. The van der Waals surface area contributed by atoms with Gasteiger partial charge in [-0.05, 0) is 12.5 Å². The maximum atomic E-state index is 9.76. The lowest BCUT2D eigenvalue weighted by molar-refractivity contribution is 0.169. The molecule has 0 aliphatic heterocycles. The largest absolute Gasteiger partial charge is 0.387 e. The number of hydrogen-bond acceptors (Lipinski definition) is 2. The molecule has 74 valence electrons. The van der Waals surface area contributed by atoms with Gasteiger partial charge in [-0.3, -0.25) is 4.68 Å². The van der Waals surface area contributed by atoms with E-state index < -0.39 is 6.10 Å². The molecule has 0 saturated carbocycles. The molecule has 0 saturated heterocycles. The molecule has 2 rings (SSSR count). The van der Waals surface area contributed by atoms with Gasteiger partial charge in [0, 0.05) is 12.4 Å². The van der Waals surface area contributed by atoms with Crippen LogP contribution in [-0.2, 0) is 7.05 Å². The lowest BCUT2D eigenvalue weighted by Gasteiger charge is -2.02. The molecule has 0 spiro atoms. The number of benzene rings is 1. The van der Waals surface area contributed by atoms with E-state index >= 15 is 0 Å². The van der Waals surface area contributed by atoms with Gasteiger partial charge in [0.25, 0.3) is 0 Å². The van der Waals surface area contributed by atoms with Crippen molar-refractivity contribution in [3.8, 4) is 0 Å². The van der Waals surface area contributed by atoms with Crippen LogP contribution >= 0.6 is 0 Å². The number of hydrogen-bond donors (Lipinski definition) is 1. The van der Waals surface area contributed by atoms with E-state index in [4.69, 9.17) is 0 Å². The Hall–Kier alpha value is -1.35. The average molecular weight is 190 g/mol. The van der Waals surface area contributed by atoms with Crippen LogP contribution in [0.5, 0.6) is 0 Å². The van der Waals surface area contributed by atoms with E-state index in [2.05, 4.69) is 5.10 Å². The summed E-state index contributed by atoms with van der Waals surface area (Å²) in [4.78, 5) is 0. The van der Waals surface area contributed by atoms with Gasteiger partial charge >= 0.3 is 0 Å². The Morgan fingerprint density at radius 1 is 1.43 bits per heavy atom. The molecule has 1 heterocycles. The quantitative estimate of drug-likeness (QED) is 0.786. The summed E-state index contributed by atoms with van der Waals surface area (Å²) in [7, 11) is 1.90. The first-order valence-electron chi connectivity index (χ1n) is 4.83. The van der Waals surface area contributed by atoms with E-state index in [0.29, 0.717) is 6.42 Å². The van der Waals surface area contributed by atoms with Crippen molar-refractivity contribution < 1.29 is 5.11 Å². The second-order valence-electron chi connectivity index (χ2n) is 3.45. The predicted molar refractivity (Wildman–Crippen MR) is 56.0 cm³/mol. The van der Waals surface area contributed by atoms with Crippen molar-refractivity contribution in [2.24, 2.45) is 7.05 Å². The lowest BCUT2D eigenvalue weighted by Crippen LogP contribution is -1.98. The Bertz CT molecular complexity index is 447. The molecule has 14 heavy (non-hydrogen) atoms. The minimum Gasteiger partial charge on any atom is -0.387 e. The van der Waals surface area contributed by atoms with E-state index in [0.717, 1.165) is 16.6 Å². The first kappa shape index (κ1) is 9.21. The molecule has 1 atom stereocenters. The van der Waals surface area contributed by atoms with Gasteiger partial charge in [-0.15, -0.1) is 0 Å². The predicted octanol–water partition coefficient (Wildman–Crippen LogP) is 2.02. The molecule has 0 aliphatic carbocycles. The van der Waals surface area contributed by atoms with Crippen LogP contribution in [0.2, 0.25) is 0 Å². The summed E-state index contributed by atoms with van der Waals surface area (Å²) < 4.78 is 1.81. The highest BCUT2D eigenvalue weighted by Crippen LogP contribution is 2.24. The van der Waals surface area contributed by atoms with Crippen molar-refractivity contribution in [3.05, 3.63) is 30.0 Å². The molecule has 0 fully saturated rings. The molecule has 1 aromatic carbocycles. The second kappa shape index (κ2) is 3.42. The number of aryl methyl sites for hydroxylation is 1. The van der Waals surface area contributed by atoms with Crippen LogP contribution in [-0.4, -0.2) is 14.9 Å². The fraction of sp³-hybridized carbons (Fsp3) is 0.364. The molecule has 1 unspecified atom stereocenters. The van der Waals surface area contributed by atoms with Crippen molar-refractivity contribution in [1.82, 2.24) is 9.78 Å². The van der Waals surface area contributed by atoms with Gasteiger partial charge in [-0.1, -0.05) is 25.1 Å². The first-order chi connectivity index (χ1) is 6.74. The summed E-state index contributed by atoms with van der Waals surface area (Å²) in [6.45, 7) is 1.95. The third kappa shape index (κ3) is 1.30. The van der Waals surface area contributed by atoms with E-state index in [1.807, 2.05) is 42.9 Å². The lowest BCUT2D eigenvalue weighted by atomic mass is 10.1. The number of aliphatic hydroxyl groups is 1. The van der Waals surface area contributed by atoms with Crippen molar-refractivity contribution >= 4 is 10.9 Å². The SMILES string of the molecule is CCC(O)c1nn(C)c2ccccc12. The maximum absolute atomic E-state index is 9.76. The topological polar surface area (TPSA) is 38.1 Å². The Morgan fingerprint density at radius 2 is 2.14 bits per heavy atom.